The van der Waals surface area contributed by atoms with Crippen molar-refractivity contribution in [3.8, 4) is 5.75 Å². The molecule has 2 rings (SSSR count). The van der Waals surface area contributed by atoms with Crippen LogP contribution in [0.3, 0.4) is 0 Å². The minimum absolute atomic E-state index is 0.170. The van der Waals surface area contributed by atoms with Crippen molar-refractivity contribution in [1.29, 1.82) is 0 Å². The van der Waals surface area contributed by atoms with E-state index in [9.17, 15) is 9.59 Å². The molecule has 0 saturated heterocycles. The second-order valence-corrected chi connectivity index (χ2v) is 4.36. The number of ether oxygens (including phenoxy) is 1. The summed E-state index contributed by atoms with van der Waals surface area (Å²) in [6.07, 6.45) is 1.37. The van der Waals surface area contributed by atoms with E-state index in [-0.39, 0.29) is 22.8 Å². The van der Waals surface area contributed by atoms with Gasteiger partial charge in [0.05, 0.1) is 25.0 Å². The van der Waals surface area contributed by atoms with Crippen LogP contribution in [0, 0.1) is 6.92 Å². The van der Waals surface area contributed by atoms with E-state index in [2.05, 4.69) is 15.4 Å². The van der Waals surface area contributed by atoms with Crippen LogP contribution in [-0.4, -0.2) is 27.8 Å². The van der Waals surface area contributed by atoms with Gasteiger partial charge in [0.1, 0.15) is 5.69 Å². The lowest BCUT2D eigenvalue weighted by Crippen LogP contribution is -2.26. The fourth-order valence-corrected chi connectivity index (χ4v) is 1.84. The Morgan fingerprint density at radius 3 is 2.80 bits per heavy atom. The number of H-pyrrole nitrogens is 1. The first-order valence-electron chi connectivity index (χ1n) is 6.05. The predicted octanol–water partition coefficient (Wildman–Crippen LogP) is 0.355. The normalized spacial score (nSPS) is 10.3. The molecule has 7 heteroatoms. The number of pyridine rings is 1. The number of carbonyl (C=O) groups excluding carboxylic acids is 1. The van der Waals surface area contributed by atoms with Gasteiger partial charge in [-0.15, -0.1) is 0 Å². The highest BCUT2D eigenvalue weighted by Crippen LogP contribution is 2.03. The molecule has 2 N–H and O–H groups in total. The first-order valence-corrected chi connectivity index (χ1v) is 6.05. The first kappa shape index (κ1) is 13.9. The van der Waals surface area contributed by atoms with Crippen LogP contribution in [-0.2, 0) is 13.6 Å². The van der Waals surface area contributed by atoms with Crippen molar-refractivity contribution in [1.82, 2.24) is 20.1 Å². The van der Waals surface area contributed by atoms with Crippen molar-refractivity contribution in [2.24, 2.45) is 7.05 Å². The summed E-state index contributed by atoms with van der Waals surface area (Å²) in [7, 11) is 3.21. The highest BCUT2D eigenvalue weighted by molar-refractivity contribution is 5.92. The fourth-order valence-electron chi connectivity index (χ4n) is 1.84. The van der Waals surface area contributed by atoms with E-state index in [0.29, 0.717) is 6.54 Å². The van der Waals surface area contributed by atoms with Crippen LogP contribution in [0.4, 0.5) is 0 Å². The topological polar surface area (TPSA) is 89.0 Å². The molecule has 0 saturated carbocycles. The molecule has 2 aromatic heterocycles. The summed E-state index contributed by atoms with van der Waals surface area (Å²) in [5.74, 6) is -0.188. The number of hydrogen-bond donors (Lipinski definition) is 2. The Kier molecular flexibility index (Phi) is 3.88. The SMILES string of the molecule is COc1c[nH]c(C(=O)NCc2cc(C)nn2C)cc1=O. The van der Waals surface area contributed by atoms with Gasteiger partial charge in [-0.25, -0.2) is 0 Å². The van der Waals surface area contributed by atoms with E-state index >= 15 is 0 Å². The maximum absolute atomic E-state index is 11.9. The van der Waals surface area contributed by atoms with Gasteiger partial charge in [-0.1, -0.05) is 0 Å². The second-order valence-electron chi connectivity index (χ2n) is 4.36. The lowest BCUT2D eigenvalue weighted by molar-refractivity contribution is 0.0945. The Morgan fingerprint density at radius 1 is 1.50 bits per heavy atom. The molecule has 0 aliphatic carbocycles. The summed E-state index contributed by atoms with van der Waals surface area (Å²) in [5.41, 5.74) is 1.61. The molecule has 20 heavy (non-hydrogen) atoms. The zero-order valence-electron chi connectivity index (χ0n) is 11.6. The van der Waals surface area contributed by atoms with Crippen LogP contribution in [0.5, 0.6) is 5.75 Å². The van der Waals surface area contributed by atoms with Crippen molar-refractivity contribution >= 4 is 5.91 Å². The Labute approximate surface area is 115 Å². The Bertz CT molecular complexity index is 687. The molecular weight excluding hydrogens is 260 g/mol. The standard InChI is InChI=1S/C13H16N4O3/c1-8-4-9(17(2)16-8)6-15-13(19)10-5-11(18)12(20-3)7-14-10/h4-5,7H,6H2,1-3H3,(H,14,18)(H,15,19). The molecule has 0 aromatic carbocycles. The summed E-state index contributed by atoms with van der Waals surface area (Å²) in [5, 5.41) is 6.91. The van der Waals surface area contributed by atoms with Gasteiger partial charge in [-0.3, -0.25) is 14.3 Å². The Hall–Kier alpha value is -2.57. The zero-order chi connectivity index (χ0) is 14.7. The molecule has 106 valence electrons. The molecule has 0 radical (unpaired) electrons. The number of aromatic amines is 1. The third-order valence-corrected chi connectivity index (χ3v) is 2.87. The quantitative estimate of drug-likeness (QED) is 0.843. The van der Waals surface area contributed by atoms with Crippen molar-refractivity contribution in [2.75, 3.05) is 7.11 Å². The molecule has 2 aromatic rings. The lowest BCUT2D eigenvalue weighted by Gasteiger charge is -2.06. The number of aryl methyl sites for hydroxylation is 2. The van der Waals surface area contributed by atoms with Crippen LogP contribution in [0.15, 0.2) is 23.1 Å². The summed E-state index contributed by atoms with van der Waals surface area (Å²) >= 11 is 0. The smallest absolute Gasteiger partial charge is 0.268 e. The molecule has 0 spiro atoms. The third kappa shape index (κ3) is 2.87. The van der Waals surface area contributed by atoms with Gasteiger partial charge < -0.3 is 15.0 Å². The van der Waals surface area contributed by atoms with E-state index in [1.54, 1.807) is 4.68 Å². The van der Waals surface area contributed by atoms with Crippen LogP contribution >= 0.6 is 0 Å². The lowest BCUT2D eigenvalue weighted by atomic mass is 10.3. The van der Waals surface area contributed by atoms with E-state index in [1.807, 2.05) is 20.0 Å². The number of methoxy groups -OCH3 is 1. The number of rotatable bonds is 4. The van der Waals surface area contributed by atoms with Crippen molar-refractivity contribution in [3.05, 3.63) is 45.6 Å². The molecule has 0 unspecified atom stereocenters. The minimum atomic E-state index is -0.358. The molecule has 0 fully saturated rings. The van der Waals surface area contributed by atoms with E-state index in [4.69, 9.17) is 4.74 Å². The van der Waals surface area contributed by atoms with Gasteiger partial charge in [-0.05, 0) is 13.0 Å². The van der Waals surface area contributed by atoms with Crippen molar-refractivity contribution in [2.45, 2.75) is 13.5 Å². The van der Waals surface area contributed by atoms with Gasteiger partial charge in [0, 0.05) is 19.3 Å². The summed E-state index contributed by atoms with van der Waals surface area (Å²) in [6, 6.07) is 3.10. The fraction of sp³-hybridized carbons (Fsp3) is 0.308. The zero-order valence-corrected chi connectivity index (χ0v) is 11.6. The number of nitrogens with zero attached hydrogens (tertiary/aromatic N) is 2. The average Bonchev–Trinajstić information content (AvgIpc) is 2.74. The van der Waals surface area contributed by atoms with Crippen LogP contribution in [0.1, 0.15) is 21.9 Å². The molecule has 7 nitrogen and oxygen atoms in total. The van der Waals surface area contributed by atoms with Crippen LogP contribution in [0.2, 0.25) is 0 Å². The number of carbonyl (C=O) groups is 1. The summed E-state index contributed by atoms with van der Waals surface area (Å²) in [6.45, 7) is 2.22. The molecule has 0 aliphatic rings. The summed E-state index contributed by atoms with van der Waals surface area (Å²) < 4.78 is 6.54. The monoisotopic (exact) mass is 276 g/mol. The molecule has 0 bridgehead atoms. The largest absolute Gasteiger partial charge is 0.491 e. The minimum Gasteiger partial charge on any atom is -0.491 e. The van der Waals surface area contributed by atoms with Crippen LogP contribution in [0.25, 0.3) is 0 Å². The molecular formula is C13H16N4O3. The van der Waals surface area contributed by atoms with E-state index < -0.39 is 0 Å². The van der Waals surface area contributed by atoms with Gasteiger partial charge in [0.25, 0.3) is 5.91 Å². The maximum Gasteiger partial charge on any atom is 0.268 e. The first-order chi connectivity index (χ1) is 9.51. The van der Waals surface area contributed by atoms with Crippen LogP contribution < -0.4 is 15.5 Å². The van der Waals surface area contributed by atoms with Crippen molar-refractivity contribution in [3.63, 3.8) is 0 Å². The van der Waals surface area contributed by atoms with Gasteiger partial charge >= 0.3 is 0 Å². The number of hydrogen-bond acceptors (Lipinski definition) is 4. The number of nitrogens with one attached hydrogen (secondary N) is 2. The number of amides is 1. The molecule has 2 heterocycles. The Morgan fingerprint density at radius 2 is 2.25 bits per heavy atom. The average molecular weight is 276 g/mol. The van der Waals surface area contributed by atoms with E-state index in [0.717, 1.165) is 11.4 Å². The highest BCUT2D eigenvalue weighted by atomic mass is 16.5. The molecule has 1 amide bonds. The van der Waals surface area contributed by atoms with Gasteiger partial charge in [0.2, 0.25) is 5.43 Å². The van der Waals surface area contributed by atoms with Gasteiger partial charge in [-0.2, -0.15) is 5.10 Å². The second kappa shape index (κ2) is 5.60. The molecule has 0 aliphatic heterocycles. The number of aromatic nitrogens is 3. The van der Waals surface area contributed by atoms with Crippen molar-refractivity contribution < 1.29 is 9.53 Å². The van der Waals surface area contributed by atoms with E-state index in [1.165, 1.54) is 19.4 Å². The third-order valence-electron chi connectivity index (χ3n) is 2.87. The maximum atomic E-state index is 11.9. The highest BCUT2D eigenvalue weighted by Gasteiger charge is 2.10. The summed E-state index contributed by atoms with van der Waals surface area (Å²) in [4.78, 5) is 26.2. The predicted molar refractivity (Wildman–Crippen MR) is 72.7 cm³/mol. The molecule has 0 atom stereocenters. The Balaban J connectivity index is 2.07. The van der Waals surface area contributed by atoms with Gasteiger partial charge in [0.15, 0.2) is 5.75 Å².